The summed E-state index contributed by atoms with van der Waals surface area (Å²) < 4.78 is 11.9. The van der Waals surface area contributed by atoms with Crippen molar-refractivity contribution in [2.45, 2.75) is 57.8 Å². The number of carbonyl (C=O) groups is 2. The Morgan fingerprint density at radius 1 is 1.06 bits per heavy atom. The van der Waals surface area contributed by atoms with Gasteiger partial charge in [-0.15, -0.1) is 0 Å². The van der Waals surface area contributed by atoms with Crippen LogP contribution in [0.5, 0.6) is 0 Å². The van der Waals surface area contributed by atoms with Gasteiger partial charge < -0.3 is 14.6 Å². The average molecular weight is 492 g/mol. The third-order valence-electron chi connectivity index (χ3n) is 7.19. The van der Waals surface area contributed by atoms with Crippen LogP contribution in [0.3, 0.4) is 0 Å². The summed E-state index contributed by atoms with van der Waals surface area (Å²) in [6, 6.07) is 16.8. The molecule has 1 heterocycles. The minimum Gasteiger partial charge on any atom is -0.481 e. The zero-order valence-electron chi connectivity index (χ0n) is 21.1. The van der Waals surface area contributed by atoms with Gasteiger partial charge in [-0.1, -0.05) is 66.2 Å². The number of unbranched alkanes of at least 4 members (excludes halogenated alkanes) is 1. The predicted molar refractivity (Wildman–Crippen MR) is 140 cm³/mol. The SMILES string of the molecule is Cc1ccc(-c2ccc(CO[C@H]3CC(=O)[C@H](N4CCOCC4)[C@H]3C/C=C/CCCC(=O)O)cc2)cc1. The smallest absolute Gasteiger partial charge is 0.303 e. The first-order valence-corrected chi connectivity index (χ1v) is 13.0. The van der Waals surface area contributed by atoms with E-state index in [-0.39, 0.29) is 30.3 Å². The van der Waals surface area contributed by atoms with Crippen LogP contribution in [0, 0.1) is 12.8 Å². The molecular formula is C30H37NO5. The van der Waals surface area contributed by atoms with Gasteiger partial charge in [0.15, 0.2) is 5.78 Å². The molecule has 0 amide bonds. The second-order valence-electron chi connectivity index (χ2n) is 9.83. The minimum atomic E-state index is -0.766. The largest absolute Gasteiger partial charge is 0.481 e. The number of allylic oxidation sites excluding steroid dienone is 2. The normalized spacial score (nSPS) is 22.9. The van der Waals surface area contributed by atoms with Crippen LogP contribution in [0.4, 0.5) is 0 Å². The Morgan fingerprint density at radius 3 is 2.39 bits per heavy atom. The van der Waals surface area contributed by atoms with Crippen molar-refractivity contribution in [1.29, 1.82) is 0 Å². The number of nitrogens with zero attached hydrogens (tertiary/aromatic N) is 1. The van der Waals surface area contributed by atoms with Crippen LogP contribution in [0.15, 0.2) is 60.7 Å². The molecule has 1 saturated heterocycles. The Kier molecular flexibility index (Phi) is 9.45. The van der Waals surface area contributed by atoms with Crippen molar-refractivity contribution < 1.29 is 24.2 Å². The average Bonchev–Trinajstić information content (AvgIpc) is 3.20. The Bertz CT molecular complexity index is 1020. The quantitative estimate of drug-likeness (QED) is 0.351. The Morgan fingerprint density at radius 2 is 1.72 bits per heavy atom. The second kappa shape index (κ2) is 12.9. The van der Waals surface area contributed by atoms with Gasteiger partial charge in [-0.2, -0.15) is 0 Å². The Balaban J connectivity index is 1.38. The third-order valence-corrected chi connectivity index (χ3v) is 7.19. The maximum Gasteiger partial charge on any atom is 0.303 e. The molecule has 4 rings (SSSR count). The number of carboxylic acid groups (broad SMARTS) is 1. The summed E-state index contributed by atoms with van der Waals surface area (Å²) in [4.78, 5) is 26.1. The summed E-state index contributed by atoms with van der Waals surface area (Å²) in [5.41, 5.74) is 4.71. The summed E-state index contributed by atoms with van der Waals surface area (Å²) in [6.07, 6.45) is 6.73. The number of hydrogen-bond acceptors (Lipinski definition) is 5. The molecule has 2 fully saturated rings. The molecule has 0 bridgehead atoms. The Labute approximate surface area is 213 Å². The zero-order chi connectivity index (χ0) is 25.3. The molecule has 0 aromatic heterocycles. The fourth-order valence-electron chi connectivity index (χ4n) is 5.19. The number of aliphatic carboxylic acids is 1. The number of hydrogen-bond donors (Lipinski definition) is 1. The van der Waals surface area contributed by atoms with E-state index in [0.717, 1.165) is 31.5 Å². The Hall–Kier alpha value is -2.80. The van der Waals surface area contributed by atoms with Crippen LogP contribution < -0.4 is 0 Å². The topological polar surface area (TPSA) is 76.1 Å². The summed E-state index contributed by atoms with van der Waals surface area (Å²) >= 11 is 0. The first-order chi connectivity index (χ1) is 17.5. The predicted octanol–water partition coefficient (Wildman–Crippen LogP) is 5.04. The number of ketones is 1. The van der Waals surface area contributed by atoms with Crippen LogP contribution in [0.1, 0.15) is 43.2 Å². The summed E-state index contributed by atoms with van der Waals surface area (Å²) in [7, 11) is 0. The van der Waals surface area contributed by atoms with Crippen LogP contribution in [-0.2, 0) is 25.7 Å². The minimum absolute atomic E-state index is 0.0816. The molecule has 6 nitrogen and oxygen atoms in total. The van der Waals surface area contributed by atoms with E-state index in [1.54, 1.807) is 0 Å². The van der Waals surface area contributed by atoms with Crippen molar-refractivity contribution >= 4 is 11.8 Å². The zero-order valence-corrected chi connectivity index (χ0v) is 21.1. The third kappa shape index (κ3) is 7.12. The number of carboxylic acids is 1. The molecule has 0 unspecified atom stereocenters. The number of carbonyl (C=O) groups excluding carboxylic acids is 1. The molecule has 1 saturated carbocycles. The van der Waals surface area contributed by atoms with Gasteiger partial charge in [-0.3, -0.25) is 14.5 Å². The maximum absolute atomic E-state index is 13.1. The van der Waals surface area contributed by atoms with Gasteiger partial charge in [-0.25, -0.2) is 0 Å². The van der Waals surface area contributed by atoms with Crippen LogP contribution in [0.25, 0.3) is 11.1 Å². The number of ether oxygens (including phenoxy) is 2. The van der Waals surface area contributed by atoms with Gasteiger partial charge in [0.1, 0.15) is 0 Å². The highest BCUT2D eigenvalue weighted by Gasteiger charge is 2.45. The highest BCUT2D eigenvalue weighted by Crippen LogP contribution is 2.34. The number of rotatable bonds is 11. The fraction of sp³-hybridized carbons (Fsp3) is 0.467. The lowest BCUT2D eigenvalue weighted by Gasteiger charge is -2.35. The van der Waals surface area contributed by atoms with Gasteiger partial charge >= 0.3 is 5.97 Å². The standard InChI is InChI=1S/C30H37NO5/c1-22-8-12-24(13-9-22)25-14-10-23(11-15-25)21-36-28-20-27(32)30(31-16-18-35-19-17-31)26(28)6-4-2-3-5-7-29(33)34/h2,4,8-15,26,28,30H,3,5-7,16-21H2,1H3,(H,33,34)/b4-2+/t26-,28-,30+/m0/s1. The molecule has 3 atom stereocenters. The van der Waals surface area contributed by atoms with E-state index >= 15 is 0 Å². The lowest BCUT2D eigenvalue weighted by atomic mass is 9.95. The number of benzene rings is 2. The van der Waals surface area contributed by atoms with E-state index < -0.39 is 5.97 Å². The van der Waals surface area contributed by atoms with E-state index in [1.165, 1.54) is 16.7 Å². The molecule has 6 heteroatoms. The second-order valence-corrected chi connectivity index (χ2v) is 9.83. The molecule has 1 N–H and O–H groups in total. The van der Waals surface area contributed by atoms with Crippen LogP contribution >= 0.6 is 0 Å². The maximum atomic E-state index is 13.1. The highest BCUT2D eigenvalue weighted by atomic mass is 16.5. The number of morpholine rings is 1. The van der Waals surface area contributed by atoms with E-state index in [1.807, 2.05) is 6.08 Å². The fourth-order valence-corrected chi connectivity index (χ4v) is 5.19. The van der Waals surface area contributed by atoms with Crippen molar-refractivity contribution in [2.24, 2.45) is 5.92 Å². The molecule has 0 spiro atoms. The number of aryl methyl sites for hydroxylation is 1. The molecule has 36 heavy (non-hydrogen) atoms. The number of Topliss-reactive ketones (excluding diaryl/α,β-unsaturated/α-hetero) is 1. The molecule has 2 aromatic carbocycles. The van der Waals surface area contributed by atoms with Crippen molar-refractivity contribution in [2.75, 3.05) is 26.3 Å². The van der Waals surface area contributed by atoms with Gasteiger partial charge in [0, 0.05) is 31.8 Å². The van der Waals surface area contributed by atoms with Gasteiger partial charge in [0.25, 0.3) is 0 Å². The lowest BCUT2D eigenvalue weighted by molar-refractivity contribution is -0.137. The van der Waals surface area contributed by atoms with Crippen LogP contribution in [-0.4, -0.2) is 60.2 Å². The first-order valence-electron chi connectivity index (χ1n) is 13.0. The van der Waals surface area contributed by atoms with E-state index in [2.05, 4.69) is 66.4 Å². The van der Waals surface area contributed by atoms with E-state index in [0.29, 0.717) is 32.7 Å². The highest BCUT2D eigenvalue weighted by molar-refractivity contribution is 5.87. The molecule has 1 aliphatic carbocycles. The summed E-state index contributed by atoms with van der Waals surface area (Å²) in [5, 5.41) is 8.83. The van der Waals surface area contributed by atoms with Gasteiger partial charge in [0.05, 0.1) is 32.0 Å². The first kappa shape index (κ1) is 26.3. The molecule has 2 aromatic rings. The monoisotopic (exact) mass is 491 g/mol. The summed E-state index contributed by atoms with van der Waals surface area (Å²) in [5.74, 6) is -0.434. The van der Waals surface area contributed by atoms with Crippen molar-refractivity contribution in [3.05, 3.63) is 71.8 Å². The van der Waals surface area contributed by atoms with Crippen molar-refractivity contribution in [1.82, 2.24) is 4.90 Å². The van der Waals surface area contributed by atoms with Crippen molar-refractivity contribution in [3.63, 3.8) is 0 Å². The van der Waals surface area contributed by atoms with E-state index in [4.69, 9.17) is 14.6 Å². The summed E-state index contributed by atoms with van der Waals surface area (Å²) in [6.45, 7) is 5.40. The molecular weight excluding hydrogens is 454 g/mol. The molecule has 2 aliphatic rings. The van der Waals surface area contributed by atoms with Gasteiger partial charge in [-0.05, 0) is 42.9 Å². The molecule has 192 valence electrons. The molecule has 1 aliphatic heterocycles. The molecule has 0 radical (unpaired) electrons. The van der Waals surface area contributed by atoms with Gasteiger partial charge in [0.2, 0.25) is 0 Å². The van der Waals surface area contributed by atoms with Crippen molar-refractivity contribution in [3.8, 4) is 11.1 Å². The lowest BCUT2D eigenvalue weighted by Crippen LogP contribution is -2.49. The van der Waals surface area contributed by atoms with E-state index in [9.17, 15) is 9.59 Å². The van der Waals surface area contributed by atoms with Crippen LogP contribution in [0.2, 0.25) is 0 Å².